The van der Waals surface area contributed by atoms with Gasteiger partial charge in [0.15, 0.2) is 17.0 Å². The zero-order valence-corrected chi connectivity index (χ0v) is 17.6. The lowest BCUT2D eigenvalue weighted by molar-refractivity contribution is -0.134. The Hall–Kier alpha value is -3.00. The average molecular weight is 436 g/mol. The molecular weight excluding hydrogens is 416 g/mol. The minimum Gasteiger partial charge on any atom is -0.389 e. The second-order valence-electron chi connectivity index (χ2n) is 8.42. The van der Waals surface area contributed by atoms with Crippen LogP contribution < -0.4 is 10.6 Å². The molecule has 1 amide bonds. The summed E-state index contributed by atoms with van der Waals surface area (Å²) >= 11 is 1.57. The predicted molar refractivity (Wildman–Crippen MR) is 113 cm³/mol. The zero-order chi connectivity index (χ0) is 21.5. The van der Waals surface area contributed by atoms with Gasteiger partial charge in [0.25, 0.3) is 0 Å². The molecule has 6 atom stereocenters. The minimum atomic E-state index is -1.36. The van der Waals surface area contributed by atoms with E-state index < -0.39 is 23.2 Å². The fraction of sp³-hybridized carbons (Fsp3) is 0.429. The predicted octanol–water partition coefficient (Wildman–Crippen LogP) is 0.358. The summed E-state index contributed by atoms with van der Waals surface area (Å²) in [6.45, 7) is 0. The first-order valence-electron chi connectivity index (χ1n) is 10.1. The summed E-state index contributed by atoms with van der Waals surface area (Å²) in [6, 6.07) is 1.53. The number of rotatable bonds is 3. The fourth-order valence-electron chi connectivity index (χ4n) is 5.60. The highest BCUT2D eigenvalue weighted by atomic mass is 32.1. The lowest BCUT2D eigenvalue weighted by Crippen LogP contribution is -2.45. The van der Waals surface area contributed by atoms with E-state index in [0.29, 0.717) is 29.2 Å². The van der Waals surface area contributed by atoms with Gasteiger partial charge in [-0.2, -0.15) is 11.3 Å². The summed E-state index contributed by atoms with van der Waals surface area (Å²) in [6.07, 6.45) is 1.08. The molecule has 6 rings (SSSR count). The molecule has 0 aromatic carbocycles. The molecule has 3 fully saturated rings. The summed E-state index contributed by atoms with van der Waals surface area (Å²) in [7, 11) is 3.31. The number of aromatic nitrogens is 4. The number of aliphatic hydroxyl groups is 2. The van der Waals surface area contributed by atoms with Crippen LogP contribution in [0.4, 0.5) is 5.82 Å². The summed E-state index contributed by atoms with van der Waals surface area (Å²) in [5, 5.41) is 31.8. The molecule has 3 unspecified atom stereocenters. The number of hydrogen-bond acceptors (Lipinski definition) is 8. The first-order chi connectivity index (χ1) is 15.0. The summed E-state index contributed by atoms with van der Waals surface area (Å²) in [5.41, 5.74) is -0.235. The topological polar surface area (TPSA) is 125 Å². The number of nitrogens with zero attached hydrogens (tertiary/aromatic N) is 4. The Labute approximate surface area is 181 Å². The third kappa shape index (κ3) is 2.23. The van der Waals surface area contributed by atoms with Crippen LogP contribution in [0.1, 0.15) is 23.9 Å². The molecule has 3 aromatic rings. The van der Waals surface area contributed by atoms with Crippen LogP contribution in [0.15, 0.2) is 23.2 Å². The van der Waals surface area contributed by atoms with Crippen LogP contribution in [0.3, 0.4) is 0 Å². The largest absolute Gasteiger partial charge is 0.389 e. The standard InChI is InChI=1S/C21H20N6O3S/c1-22-16-14-17(26-12(25-16)4-3-10-5-6-31-8-10)27(9-24-14)15-13-11-7-20(11,19(29)23-2)18(28)21(13,15)30/h5-6,8-9,11,13,15,18,28,30H,7H2,1-2H3,(H,23,29)(H,22,25,26)/t11?,13-,15?,18+,20?,21+/m0/s1. The van der Waals surface area contributed by atoms with Crippen LogP contribution in [0.5, 0.6) is 0 Å². The second-order valence-corrected chi connectivity index (χ2v) is 9.20. The number of nitrogens with one attached hydrogen (secondary N) is 2. The lowest BCUT2D eigenvalue weighted by atomic mass is 9.93. The number of anilines is 1. The van der Waals surface area contributed by atoms with Gasteiger partial charge in [-0.25, -0.2) is 15.0 Å². The van der Waals surface area contributed by atoms with E-state index >= 15 is 0 Å². The van der Waals surface area contributed by atoms with E-state index in [-0.39, 0.29) is 17.7 Å². The molecule has 3 saturated carbocycles. The van der Waals surface area contributed by atoms with Gasteiger partial charge in [-0.1, -0.05) is 5.92 Å². The van der Waals surface area contributed by atoms with Gasteiger partial charge in [0.1, 0.15) is 5.60 Å². The normalized spacial score (nSPS) is 34.5. The Balaban J connectivity index is 1.40. The van der Waals surface area contributed by atoms with E-state index in [1.54, 1.807) is 36.3 Å². The monoisotopic (exact) mass is 436 g/mol. The van der Waals surface area contributed by atoms with Gasteiger partial charge in [-0.15, -0.1) is 0 Å². The van der Waals surface area contributed by atoms with Crippen molar-refractivity contribution < 1.29 is 15.0 Å². The summed E-state index contributed by atoms with van der Waals surface area (Å²) in [4.78, 5) is 25.9. The van der Waals surface area contributed by atoms with Crippen LogP contribution in [0.2, 0.25) is 0 Å². The van der Waals surface area contributed by atoms with E-state index in [1.807, 2.05) is 16.8 Å². The number of carbonyl (C=O) groups is 1. The molecule has 3 aromatic heterocycles. The van der Waals surface area contributed by atoms with Crippen molar-refractivity contribution in [2.75, 3.05) is 19.4 Å². The Morgan fingerprint density at radius 1 is 1.35 bits per heavy atom. The molecule has 0 radical (unpaired) electrons. The zero-order valence-electron chi connectivity index (χ0n) is 16.8. The highest BCUT2D eigenvalue weighted by Gasteiger charge is 2.91. The maximum atomic E-state index is 12.4. The van der Waals surface area contributed by atoms with Crippen LogP contribution in [0.25, 0.3) is 11.2 Å². The van der Waals surface area contributed by atoms with Gasteiger partial charge in [0, 0.05) is 31.0 Å². The number of thiophene rings is 1. The van der Waals surface area contributed by atoms with Crippen LogP contribution in [-0.4, -0.2) is 61.4 Å². The third-order valence-electron chi connectivity index (χ3n) is 7.11. The van der Waals surface area contributed by atoms with Crippen LogP contribution >= 0.6 is 11.3 Å². The van der Waals surface area contributed by atoms with Crippen LogP contribution in [0, 0.1) is 29.1 Å². The van der Waals surface area contributed by atoms with Crippen molar-refractivity contribution in [3.8, 4) is 11.8 Å². The second kappa shape index (κ2) is 6.03. The van der Waals surface area contributed by atoms with Crippen molar-refractivity contribution in [1.29, 1.82) is 0 Å². The molecular formula is C21H20N6O3S. The Bertz CT molecular complexity index is 1290. The Kier molecular flexibility index (Phi) is 3.65. The highest BCUT2D eigenvalue weighted by Crippen LogP contribution is 2.82. The van der Waals surface area contributed by atoms with E-state index in [4.69, 9.17) is 0 Å². The van der Waals surface area contributed by atoms with E-state index in [0.717, 1.165) is 5.56 Å². The molecule has 0 bridgehead atoms. The SMILES string of the molecule is CNC(=O)C12CC1[C@H]1C(n3cnc4c(NC)nc(C#Cc5ccsc5)nc43)[C@@]1(O)[C@@H]2O. The molecule has 3 heterocycles. The van der Waals surface area contributed by atoms with Crippen molar-refractivity contribution in [2.24, 2.45) is 17.3 Å². The average Bonchev–Trinajstić information content (AvgIpc) is 3.41. The molecule has 158 valence electrons. The van der Waals surface area contributed by atoms with Gasteiger partial charge in [0.2, 0.25) is 11.7 Å². The number of hydrogen-bond donors (Lipinski definition) is 4. The van der Waals surface area contributed by atoms with Crippen LogP contribution in [-0.2, 0) is 4.79 Å². The van der Waals surface area contributed by atoms with Crippen molar-refractivity contribution in [3.63, 3.8) is 0 Å². The number of aliphatic hydroxyl groups excluding tert-OH is 1. The number of amides is 1. The molecule has 3 aliphatic rings. The van der Waals surface area contributed by atoms with Gasteiger partial charge >= 0.3 is 0 Å². The number of imidazole rings is 1. The molecule has 0 saturated heterocycles. The number of fused-ring (bicyclic) bond motifs is 4. The summed E-state index contributed by atoms with van der Waals surface area (Å²) in [5.74, 6) is 6.45. The highest BCUT2D eigenvalue weighted by molar-refractivity contribution is 7.08. The first-order valence-corrected chi connectivity index (χ1v) is 11.0. The third-order valence-corrected chi connectivity index (χ3v) is 7.79. The van der Waals surface area contributed by atoms with Gasteiger partial charge in [0.05, 0.1) is 23.9 Å². The Morgan fingerprint density at radius 2 is 2.19 bits per heavy atom. The van der Waals surface area contributed by atoms with Gasteiger partial charge in [-0.05, 0) is 29.7 Å². The van der Waals surface area contributed by atoms with Crippen molar-refractivity contribution in [1.82, 2.24) is 24.8 Å². The minimum absolute atomic E-state index is 0.0571. The van der Waals surface area contributed by atoms with E-state index in [1.165, 1.54) is 0 Å². The molecule has 10 heteroatoms. The molecule has 4 N–H and O–H groups in total. The molecule has 9 nitrogen and oxygen atoms in total. The number of carbonyl (C=O) groups excluding carboxylic acids is 1. The van der Waals surface area contributed by atoms with Crippen molar-refractivity contribution >= 4 is 34.2 Å². The lowest BCUT2D eigenvalue weighted by Gasteiger charge is -2.25. The maximum Gasteiger partial charge on any atom is 0.229 e. The quantitative estimate of drug-likeness (QED) is 0.437. The molecule has 0 aliphatic heterocycles. The van der Waals surface area contributed by atoms with Crippen molar-refractivity contribution in [3.05, 3.63) is 34.5 Å². The Morgan fingerprint density at radius 3 is 2.84 bits per heavy atom. The van der Waals surface area contributed by atoms with Gasteiger partial charge < -0.3 is 25.4 Å². The van der Waals surface area contributed by atoms with Crippen molar-refractivity contribution in [2.45, 2.75) is 24.2 Å². The summed E-state index contributed by atoms with van der Waals surface area (Å²) < 4.78 is 1.80. The smallest absolute Gasteiger partial charge is 0.229 e. The maximum absolute atomic E-state index is 12.4. The van der Waals surface area contributed by atoms with E-state index in [2.05, 4.69) is 37.4 Å². The molecule has 0 spiro atoms. The van der Waals surface area contributed by atoms with Gasteiger partial charge in [-0.3, -0.25) is 4.79 Å². The fourth-order valence-corrected chi connectivity index (χ4v) is 6.18. The molecule has 31 heavy (non-hydrogen) atoms. The first kappa shape index (κ1) is 18.7. The van der Waals surface area contributed by atoms with E-state index in [9.17, 15) is 15.0 Å². The molecule has 3 aliphatic carbocycles.